The standard InChI is InChI=1S/C13H12ClN3O/c1-17(9-10-3-2-6-15-7-10)13(18)11-4-5-12(14)16-8-11/h2-8H,9H2,1H3. The summed E-state index contributed by atoms with van der Waals surface area (Å²) >= 11 is 5.68. The zero-order valence-electron chi connectivity index (χ0n) is 9.88. The van der Waals surface area contributed by atoms with E-state index in [1.165, 1.54) is 6.20 Å². The van der Waals surface area contributed by atoms with Gasteiger partial charge in [0.1, 0.15) is 5.15 Å². The van der Waals surface area contributed by atoms with Gasteiger partial charge in [0, 0.05) is 32.2 Å². The summed E-state index contributed by atoms with van der Waals surface area (Å²) in [6.07, 6.45) is 4.92. The lowest BCUT2D eigenvalue weighted by molar-refractivity contribution is 0.0784. The van der Waals surface area contributed by atoms with Crippen LogP contribution in [0.4, 0.5) is 0 Å². The van der Waals surface area contributed by atoms with Crippen molar-refractivity contribution in [3.63, 3.8) is 0 Å². The molecule has 0 fully saturated rings. The first-order valence-corrected chi connectivity index (χ1v) is 5.80. The summed E-state index contributed by atoms with van der Waals surface area (Å²) in [5.41, 5.74) is 1.50. The third kappa shape index (κ3) is 3.05. The van der Waals surface area contributed by atoms with Crippen LogP contribution in [-0.4, -0.2) is 27.8 Å². The lowest BCUT2D eigenvalue weighted by Gasteiger charge is -2.16. The van der Waals surface area contributed by atoms with Crippen LogP contribution in [0.15, 0.2) is 42.9 Å². The van der Waals surface area contributed by atoms with Gasteiger partial charge in [0.05, 0.1) is 5.56 Å². The largest absolute Gasteiger partial charge is 0.337 e. The number of pyridine rings is 2. The van der Waals surface area contributed by atoms with E-state index >= 15 is 0 Å². The number of halogens is 1. The molecule has 2 aromatic rings. The molecule has 0 aliphatic rings. The summed E-state index contributed by atoms with van der Waals surface area (Å²) in [5, 5.41) is 0.376. The van der Waals surface area contributed by atoms with Crippen LogP contribution in [0.1, 0.15) is 15.9 Å². The molecule has 0 radical (unpaired) electrons. The molecule has 0 bridgehead atoms. The molecule has 0 spiro atoms. The van der Waals surface area contributed by atoms with E-state index in [1.54, 1.807) is 36.5 Å². The zero-order chi connectivity index (χ0) is 13.0. The lowest BCUT2D eigenvalue weighted by Crippen LogP contribution is -2.26. The van der Waals surface area contributed by atoms with Crippen molar-refractivity contribution in [2.45, 2.75) is 6.54 Å². The van der Waals surface area contributed by atoms with Crippen molar-refractivity contribution in [1.29, 1.82) is 0 Å². The van der Waals surface area contributed by atoms with Crippen molar-refractivity contribution in [2.75, 3.05) is 7.05 Å². The van der Waals surface area contributed by atoms with E-state index in [9.17, 15) is 4.79 Å². The molecule has 2 heterocycles. The van der Waals surface area contributed by atoms with Crippen molar-refractivity contribution in [1.82, 2.24) is 14.9 Å². The highest BCUT2D eigenvalue weighted by atomic mass is 35.5. The lowest BCUT2D eigenvalue weighted by atomic mass is 10.2. The minimum atomic E-state index is -0.0944. The van der Waals surface area contributed by atoms with Crippen LogP contribution in [0, 0.1) is 0 Å². The molecule has 18 heavy (non-hydrogen) atoms. The minimum absolute atomic E-state index is 0.0944. The molecular formula is C13H12ClN3O. The van der Waals surface area contributed by atoms with Crippen LogP contribution in [0.2, 0.25) is 5.15 Å². The molecule has 0 unspecified atom stereocenters. The fourth-order valence-electron chi connectivity index (χ4n) is 1.56. The van der Waals surface area contributed by atoms with Crippen molar-refractivity contribution in [3.8, 4) is 0 Å². The molecule has 0 aliphatic heterocycles. The number of carbonyl (C=O) groups excluding carboxylic acids is 1. The van der Waals surface area contributed by atoms with E-state index in [0.717, 1.165) is 5.56 Å². The maximum atomic E-state index is 12.1. The van der Waals surface area contributed by atoms with Gasteiger partial charge in [-0.05, 0) is 23.8 Å². The predicted molar refractivity (Wildman–Crippen MR) is 69.3 cm³/mol. The molecule has 1 amide bonds. The number of amides is 1. The highest BCUT2D eigenvalue weighted by molar-refractivity contribution is 6.29. The van der Waals surface area contributed by atoms with E-state index in [2.05, 4.69) is 9.97 Å². The van der Waals surface area contributed by atoms with E-state index < -0.39 is 0 Å². The molecule has 5 heteroatoms. The van der Waals surface area contributed by atoms with Gasteiger partial charge in [-0.1, -0.05) is 17.7 Å². The summed E-state index contributed by atoms with van der Waals surface area (Å²) in [6.45, 7) is 0.509. The molecule has 0 saturated carbocycles. The first-order chi connectivity index (χ1) is 8.66. The SMILES string of the molecule is CN(Cc1cccnc1)C(=O)c1ccc(Cl)nc1. The summed E-state index contributed by atoms with van der Waals surface area (Å²) in [7, 11) is 1.74. The Balaban J connectivity index is 2.07. The summed E-state index contributed by atoms with van der Waals surface area (Å²) in [4.78, 5) is 21.6. The average Bonchev–Trinajstić information content (AvgIpc) is 2.40. The molecule has 0 aromatic carbocycles. The van der Waals surface area contributed by atoms with Gasteiger partial charge in [-0.25, -0.2) is 4.98 Å². The fraction of sp³-hybridized carbons (Fsp3) is 0.154. The Labute approximate surface area is 110 Å². The second kappa shape index (κ2) is 5.60. The molecule has 92 valence electrons. The number of carbonyl (C=O) groups is 1. The van der Waals surface area contributed by atoms with Gasteiger partial charge < -0.3 is 4.90 Å². The number of rotatable bonds is 3. The maximum Gasteiger partial charge on any atom is 0.255 e. The highest BCUT2D eigenvalue weighted by Gasteiger charge is 2.12. The molecule has 0 N–H and O–H groups in total. The molecule has 0 atom stereocenters. The number of aromatic nitrogens is 2. The van der Waals surface area contributed by atoms with Gasteiger partial charge >= 0.3 is 0 Å². The number of nitrogens with zero attached hydrogens (tertiary/aromatic N) is 3. The normalized spacial score (nSPS) is 10.1. The van der Waals surface area contributed by atoms with Crippen LogP contribution in [0.5, 0.6) is 0 Å². The summed E-state index contributed by atoms with van der Waals surface area (Å²) in [6, 6.07) is 7.04. The zero-order valence-corrected chi connectivity index (χ0v) is 10.6. The monoisotopic (exact) mass is 261 g/mol. The Hall–Kier alpha value is -1.94. The second-order valence-corrected chi connectivity index (χ2v) is 4.28. The Morgan fingerprint density at radius 2 is 2.17 bits per heavy atom. The Morgan fingerprint density at radius 1 is 1.33 bits per heavy atom. The molecule has 2 aromatic heterocycles. The predicted octanol–water partition coefficient (Wildman–Crippen LogP) is 2.40. The van der Waals surface area contributed by atoms with E-state index in [1.807, 2.05) is 12.1 Å². The number of hydrogen-bond acceptors (Lipinski definition) is 3. The molecule has 0 aliphatic carbocycles. The summed E-state index contributed by atoms with van der Waals surface area (Å²) in [5.74, 6) is -0.0944. The second-order valence-electron chi connectivity index (χ2n) is 3.89. The van der Waals surface area contributed by atoms with Gasteiger partial charge in [0.15, 0.2) is 0 Å². The molecule has 0 saturated heterocycles. The molecule has 2 rings (SSSR count). The van der Waals surface area contributed by atoms with Gasteiger partial charge in [-0.3, -0.25) is 9.78 Å². The first-order valence-electron chi connectivity index (χ1n) is 5.43. The third-order valence-electron chi connectivity index (χ3n) is 2.46. The highest BCUT2D eigenvalue weighted by Crippen LogP contribution is 2.09. The molecule has 4 nitrogen and oxygen atoms in total. The van der Waals surface area contributed by atoms with Crippen molar-refractivity contribution >= 4 is 17.5 Å². The Morgan fingerprint density at radius 3 is 2.78 bits per heavy atom. The quantitative estimate of drug-likeness (QED) is 0.797. The Bertz CT molecular complexity index is 528. The summed E-state index contributed by atoms with van der Waals surface area (Å²) < 4.78 is 0. The average molecular weight is 262 g/mol. The van der Waals surface area contributed by atoms with E-state index in [-0.39, 0.29) is 5.91 Å². The van der Waals surface area contributed by atoms with Crippen LogP contribution in [-0.2, 0) is 6.54 Å². The van der Waals surface area contributed by atoms with E-state index in [0.29, 0.717) is 17.3 Å². The van der Waals surface area contributed by atoms with E-state index in [4.69, 9.17) is 11.6 Å². The third-order valence-corrected chi connectivity index (χ3v) is 2.69. The van der Waals surface area contributed by atoms with Crippen LogP contribution in [0.25, 0.3) is 0 Å². The van der Waals surface area contributed by atoms with Crippen LogP contribution >= 0.6 is 11.6 Å². The van der Waals surface area contributed by atoms with Gasteiger partial charge in [-0.15, -0.1) is 0 Å². The van der Waals surface area contributed by atoms with Crippen LogP contribution < -0.4 is 0 Å². The maximum absolute atomic E-state index is 12.1. The van der Waals surface area contributed by atoms with Crippen molar-refractivity contribution in [2.24, 2.45) is 0 Å². The van der Waals surface area contributed by atoms with Gasteiger partial charge in [0.2, 0.25) is 0 Å². The topological polar surface area (TPSA) is 46.1 Å². The number of hydrogen-bond donors (Lipinski definition) is 0. The molecular weight excluding hydrogens is 250 g/mol. The minimum Gasteiger partial charge on any atom is -0.337 e. The van der Waals surface area contributed by atoms with Crippen molar-refractivity contribution < 1.29 is 4.79 Å². The van der Waals surface area contributed by atoms with Gasteiger partial charge in [0.25, 0.3) is 5.91 Å². The Kier molecular flexibility index (Phi) is 3.89. The van der Waals surface area contributed by atoms with Crippen molar-refractivity contribution in [3.05, 3.63) is 59.1 Å². The van der Waals surface area contributed by atoms with Crippen LogP contribution in [0.3, 0.4) is 0 Å². The first kappa shape index (κ1) is 12.5. The van der Waals surface area contributed by atoms with Gasteiger partial charge in [-0.2, -0.15) is 0 Å². The smallest absolute Gasteiger partial charge is 0.255 e. The fourth-order valence-corrected chi connectivity index (χ4v) is 1.67.